The first-order valence-corrected chi connectivity index (χ1v) is 9.95. The minimum Gasteiger partial charge on any atom is -0.508 e. The number of nitrogens with zero attached hydrogens (tertiary/aromatic N) is 1. The normalized spacial score (nSPS) is 17.9. The van der Waals surface area contributed by atoms with E-state index in [9.17, 15) is 19.8 Å². The Bertz CT molecular complexity index is 1040. The number of ether oxygens (including phenoxy) is 3. The van der Waals surface area contributed by atoms with E-state index in [2.05, 4.69) is 0 Å². The van der Waals surface area contributed by atoms with Crippen LogP contribution in [0, 0.1) is 0 Å². The summed E-state index contributed by atoms with van der Waals surface area (Å²) >= 11 is 0. The number of Topliss-reactive ketones (excluding diaryl/α,β-unsaturated/α-hetero) is 1. The largest absolute Gasteiger partial charge is 0.508 e. The van der Waals surface area contributed by atoms with Crippen molar-refractivity contribution in [1.82, 2.24) is 4.90 Å². The van der Waals surface area contributed by atoms with Crippen LogP contribution in [0.4, 0.5) is 0 Å². The molecule has 1 fully saturated rings. The summed E-state index contributed by atoms with van der Waals surface area (Å²) in [5.74, 6) is -1.22. The molecule has 2 aliphatic heterocycles. The Morgan fingerprint density at radius 3 is 2.71 bits per heavy atom. The van der Waals surface area contributed by atoms with E-state index in [0.29, 0.717) is 43.0 Å². The van der Waals surface area contributed by atoms with E-state index in [1.807, 2.05) is 4.90 Å². The molecule has 0 radical (unpaired) electrons. The lowest BCUT2D eigenvalue weighted by molar-refractivity contribution is -0.140. The fourth-order valence-corrected chi connectivity index (χ4v) is 3.84. The first-order chi connectivity index (χ1) is 15.0. The van der Waals surface area contributed by atoms with Crippen LogP contribution in [0.15, 0.2) is 48.4 Å². The van der Waals surface area contributed by atoms with Crippen LogP contribution in [0.3, 0.4) is 0 Å². The second-order valence-electron chi connectivity index (χ2n) is 7.38. The number of carbonyl (C=O) groups is 2. The topological polar surface area (TPSA) is 106 Å². The van der Waals surface area contributed by atoms with Crippen molar-refractivity contribution in [3.63, 3.8) is 0 Å². The molecule has 31 heavy (non-hydrogen) atoms. The lowest BCUT2D eigenvalue weighted by atomic mass is 9.86. The van der Waals surface area contributed by atoms with Crippen molar-refractivity contribution in [3.8, 4) is 17.2 Å². The average Bonchev–Trinajstić information content (AvgIpc) is 3.08. The van der Waals surface area contributed by atoms with Gasteiger partial charge in [0.25, 0.3) is 0 Å². The van der Waals surface area contributed by atoms with Gasteiger partial charge in [-0.2, -0.15) is 0 Å². The maximum atomic E-state index is 13.0. The van der Waals surface area contributed by atoms with Crippen molar-refractivity contribution >= 4 is 11.8 Å². The summed E-state index contributed by atoms with van der Waals surface area (Å²) < 4.78 is 16.1. The quantitative estimate of drug-likeness (QED) is 0.556. The summed E-state index contributed by atoms with van der Waals surface area (Å²) in [7, 11) is 1.28. The summed E-state index contributed by atoms with van der Waals surface area (Å²) in [4.78, 5) is 27.1. The number of hydrogen-bond acceptors (Lipinski definition) is 8. The van der Waals surface area contributed by atoms with Crippen LogP contribution < -0.4 is 4.74 Å². The Hall–Kier alpha value is -3.52. The number of hydrogen-bond donors (Lipinski definition) is 2. The van der Waals surface area contributed by atoms with Gasteiger partial charge in [0.15, 0.2) is 5.76 Å². The van der Waals surface area contributed by atoms with Crippen LogP contribution in [-0.4, -0.2) is 60.3 Å². The number of phenols is 2. The monoisotopic (exact) mass is 425 g/mol. The summed E-state index contributed by atoms with van der Waals surface area (Å²) in [5.41, 5.74) is 1.19. The molecule has 2 aromatic carbocycles. The second kappa shape index (κ2) is 8.69. The Morgan fingerprint density at radius 2 is 2.00 bits per heavy atom. The third-order valence-electron chi connectivity index (χ3n) is 5.42. The van der Waals surface area contributed by atoms with Gasteiger partial charge in [0.2, 0.25) is 5.78 Å². The minimum absolute atomic E-state index is 0.0179. The molecule has 1 unspecified atom stereocenters. The highest BCUT2D eigenvalue weighted by atomic mass is 16.5. The van der Waals surface area contributed by atoms with Crippen molar-refractivity contribution in [2.45, 2.75) is 12.3 Å². The van der Waals surface area contributed by atoms with Crippen molar-refractivity contribution in [2.24, 2.45) is 0 Å². The summed E-state index contributed by atoms with van der Waals surface area (Å²) in [5, 5.41) is 20.6. The van der Waals surface area contributed by atoms with Gasteiger partial charge in [-0.15, -0.1) is 0 Å². The summed E-state index contributed by atoms with van der Waals surface area (Å²) in [6, 6.07) is 9.32. The van der Waals surface area contributed by atoms with Crippen LogP contribution >= 0.6 is 0 Å². The number of phenolic OH excluding ortho intramolecular Hbond substituents is 2. The molecular weight excluding hydrogens is 402 g/mol. The molecule has 0 spiro atoms. The summed E-state index contributed by atoms with van der Waals surface area (Å²) in [6.45, 7) is 2.41. The van der Waals surface area contributed by atoms with E-state index in [1.165, 1.54) is 31.4 Å². The van der Waals surface area contributed by atoms with E-state index in [1.54, 1.807) is 18.3 Å². The number of ketones is 1. The highest BCUT2D eigenvalue weighted by Crippen LogP contribution is 2.46. The van der Waals surface area contributed by atoms with E-state index in [-0.39, 0.29) is 35.2 Å². The molecule has 2 heterocycles. The Morgan fingerprint density at radius 1 is 1.23 bits per heavy atom. The third-order valence-corrected chi connectivity index (χ3v) is 5.42. The number of allylic oxidation sites excluding steroid dienone is 1. The SMILES string of the molecule is COC(=O)CC(c1cccc(O)c1)c1c(O)ccc2c1OC(=CN1CCOCC1)C2=O. The van der Waals surface area contributed by atoms with E-state index in [0.717, 1.165) is 0 Å². The maximum Gasteiger partial charge on any atom is 0.306 e. The van der Waals surface area contributed by atoms with Crippen LogP contribution in [0.2, 0.25) is 0 Å². The molecule has 162 valence electrons. The molecule has 1 atom stereocenters. The molecular formula is C23H23NO7. The van der Waals surface area contributed by atoms with Gasteiger partial charge in [0.05, 0.1) is 32.3 Å². The van der Waals surface area contributed by atoms with Crippen LogP contribution in [0.5, 0.6) is 17.2 Å². The lowest BCUT2D eigenvalue weighted by Crippen LogP contribution is -2.32. The first kappa shape index (κ1) is 20.7. The molecule has 2 aromatic rings. The molecule has 8 nitrogen and oxygen atoms in total. The van der Waals surface area contributed by atoms with Crippen LogP contribution in [0.1, 0.15) is 33.8 Å². The molecule has 2 aliphatic rings. The van der Waals surface area contributed by atoms with Gasteiger partial charge in [-0.3, -0.25) is 9.59 Å². The number of methoxy groups -OCH3 is 1. The number of esters is 1. The predicted molar refractivity (Wildman–Crippen MR) is 110 cm³/mol. The lowest BCUT2D eigenvalue weighted by Gasteiger charge is -2.25. The van der Waals surface area contributed by atoms with Gasteiger partial charge in [0.1, 0.15) is 17.2 Å². The second-order valence-corrected chi connectivity index (χ2v) is 7.38. The van der Waals surface area contributed by atoms with E-state index in [4.69, 9.17) is 14.2 Å². The minimum atomic E-state index is -0.690. The Labute approximate surface area is 179 Å². The molecule has 0 aromatic heterocycles. The number of aromatic hydroxyl groups is 2. The zero-order valence-corrected chi connectivity index (χ0v) is 17.0. The molecule has 8 heteroatoms. The third kappa shape index (κ3) is 4.20. The first-order valence-electron chi connectivity index (χ1n) is 9.95. The molecule has 4 rings (SSSR count). The van der Waals surface area contributed by atoms with E-state index >= 15 is 0 Å². The molecule has 0 aliphatic carbocycles. The van der Waals surface area contributed by atoms with Gasteiger partial charge < -0.3 is 29.3 Å². The highest BCUT2D eigenvalue weighted by molar-refractivity contribution is 6.12. The number of morpholine rings is 1. The zero-order chi connectivity index (χ0) is 22.0. The highest BCUT2D eigenvalue weighted by Gasteiger charge is 2.35. The number of fused-ring (bicyclic) bond motifs is 1. The average molecular weight is 425 g/mol. The van der Waals surface area contributed by atoms with Crippen molar-refractivity contribution in [3.05, 3.63) is 65.0 Å². The molecule has 0 amide bonds. The fraction of sp³-hybridized carbons (Fsp3) is 0.304. The van der Waals surface area contributed by atoms with Gasteiger partial charge in [-0.1, -0.05) is 12.1 Å². The number of carbonyl (C=O) groups excluding carboxylic acids is 2. The van der Waals surface area contributed by atoms with Gasteiger partial charge in [0, 0.05) is 30.8 Å². The molecule has 0 bridgehead atoms. The van der Waals surface area contributed by atoms with Crippen molar-refractivity contribution in [1.29, 1.82) is 0 Å². The zero-order valence-electron chi connectivity index (χ0n) is 17.0. The van der Waals surface area contributed by atoms with Crippen LogP contribution in [0.25, 0.3) is 0 Å². The number of rotatable bonds is 5. The number of benzene rings is 2. The Balaban J connectivity index is 1.77. The van der Waals surface area contributed by atoms with Gasteiger partial charge in [-0.25, -0.2) is 0 Å². The molecule has 2 N–H and O–H groups in total. The van der Waals surface area contributed by atoms with Gasteiger partial charge in [-0.05, 0) is 29.8 Å². The standard InChI is InChI=1S/C23H23NO7/c1-29-20(27)12-17(14-3-2-4-15(25)11-14)21-18(26)6-5-16-22(28)19(31-23(16)21)13-24-7-9-30-10-8-24/h2-6,11,13,17,25-26H,7-10,12H2,1H3. The van der Waals surface area contributed by atoms with E-state index < -0.39 is 11.9 Å². The predicted octanol–water partition coefficient (Wildman–Crippen LogP) is 2.54. The smallest absolute Gasteiger partial charge is 0.306 e. The maximum absolute atomic E-state index is 13.0. The fourth-order valence-electron chi connectivity index (χ4n) is 3.84. The summed E-state index contributed by atoms with van der Waals surface area (Å²) in [6.07, 6.45) is 1.55. The van der Waals surface area contributed by atoms with Crippen molar-refractivity contribution in [2.75, 3.05) is 33.4 Å². The molecule has 1 saturated heterocycles. The molecule has 0 saturated carbocycles. The van der Waals surface area contributed by atoms with Crippen LogP contribution in [-0.2, 0) is 14.3 Å². The van der Waals surface area contributed by atoms with Crippen molar-refractivity contribution < 1.29 is 34.0 Å². The van der Waals surface area contributed by atoms with Gasteiger partial charge >= 0.3 is 5.97 Å². The Kier molecular flexibility index (Phi) is 5.81.